The summed E-state index contributed by atoms with van der Waals surface area (Å²) in [5.41, 5.74) is -3.73. The van der Waals surface area contributed by atoms with E-state index < -0.39 is 23.3 Å². The smallest absolute Gasteiger partial charge is 0.375 e. The molecule has 3 aromatic rings. The minimum Gasteiger partial charge on any atom is -0.375 e. The number of aliphatic hydroxyl groups is 1. The molecule has 1 N–H and O–H groups in total. The lowest BCUT2D eigenvalue weighted by Crippen LogP contribution is -2.40. The topological polar surface area (TPSA) is 76.2 Å². The molecule has 0 fully saturated rings. The van der Waals surface area contributed by atoms with Crippen molar-refractivity contribution in [2.24, 2.45) is 0 Å². The van der Waals surface area contributed by atoms with Crippen LogP contribution in [0.1, 0.15) is 12.6 Å². The average molecular weight is 406 g/mol. The number of fused-ring (bicyclic) bond motifs is 1. The zero-order chi connectivity index (χ0) is 17.7. The van der Waals surface area contributed by atoms with Crippen LogP contribution in [0.3, 0.4) is 0 Å². The molecule has 126 valence electrons. The van der Waals surface area contributed by atoms with Crippen LogP contribution >= 0.6 is 15.9 Å². The number of hydrogen-bond acceptors (Lipinski definition) is 5. The van der Waals surface area contributed by atoms with Gasteiger partial charge in [-0.25, -0.2) is 19.3 Å². The van der Waals surface area contributed by atoms with Gasteiger partial charge < -0.3 is 5.11 Å². The molecule has 1 atom stereocenters. The van der Waals surface area contributed by atoms with Crippen molar-refractivity contribution in [3.8, 4) is 11.4 Å². The number of halogens is 5. The fraction of sp³-hybridized carbons (Fsp3) is 0.231. The predicted octanol–water partition coefficient (Wildman–Crippen LogP) is 2.86. The molecule has 0 bridgehead atoms. The standard InChI is InChI=1S/C13H8BrF4N5O/c1-12(24,13(16,17)18)8-5-23-7(3-20-9(23)4-19-8)10-6(15)2-21-11(14)22-10/h2-5,24H,1H3. The highest BCUT2D eigenvalue weighted by Crippen LogP contribution is 2.37. The van der Waals surface area contributed by atoms with Gasteiger partial charge in [-0.15, -0.1) is 0 Å². The molecular formula is C13H8BrF4N5O. The zero-order valence-corrected chi connectivity index (χ0v) is 13.5. The highest BCUT2D eigenvalue weighted by molar-refractivity contribution is 9.10. The van der Waals surface area contributed by atoms with Gasteiger partial charge in [0.2, 0.25) is 5.60 Å². The first-order valence-electron chi connectivity index (χ1n) is 6.42. The van der Waals surface area contributed by atoms with Crippen molar-refractivity contribution in [2.45, 2.75) is 18.7 Å². The van der Waals surface area contributed by atoms with Crippen LogP contribution in [0.25, 0.3) is 17.0 Å². The van der Waals surface area contributed by atoms with Gasteiger partial charge in [-0.2, -0.15) is 13.2 Å². The van der Waals surface area contributed by atoms with Gasteiger partial charge in [0.25, 0.3) is 0 Å². The molecule has 24 heavy (non-hydrogen) atoms. The molecule has 6 nitrogen and oxygen atoms in total. The van der Waals surface area contributed by atoms with Gasteiger partial charge in [0.05, 0.1) is 30.0 Å². The molecule has 1 unspecified atom stereocenters. The summed E-state index contributed by atoms with van der Waals surface area (Å²) in [6.07, 6.45) is -0.786. The van der Waals surface area contributed by atoms with Crippen LogP contribution in [0.4, 0.5) is 17.6 Å². The van der Waals surface area contributed by atoms with E-state index in [9.17, 15) is 22.7 Å². The minimum absolute atomic E-state index is 0.0900. The van der Waals surface area contributed by atoms with E-state index in [-0.39, 0.29) is 21.8 Å². The summed E-state index contributed by atoms with van der Waals surface area (Å²) in [5.74, 6) is -0.777. The normalized spacial score (nSPS) is 14.8. The van der Waals surface area contributed by atoms with Crippen LogP contribution in [0.15, 0.2) is 29.5 Å². The van der Waals surface area contributed by atoms with Crippen LogP contribution in [0.2, 0.25) is 0 Å². The summed E-state index contributed by atoms with van der Waals surface area (Å²) in [7, 11) is 0. The van der Waals surface area contributed by atoms with Crippen LogP contribution in [-0.4, -0.2) is 35.6 Å². The second kappa shape index (κ2) is 5.45. The SMILES string of the molecule is CC(O)(c1cn2c(-c3nc(Br)ncc3F)cnc2cn1)C(F)(F)F. The Kier molecular flexibility index (Phi) is 3.79. The molecular weight excluding hydrogens is 398 g/mol. The Hall–Kier alpha value is -2.14. The number of alkyl halides is 3. The molecule has 0 aliphatic heterocycles. The Balaban J connectivity index is 2.22. The molecule has 3 heterocycles. The Morgan fingerprint density at radius 2 is 1.83 bits per heavy atom. The predicted molar refractivity (Wildman–Crippen MR) is 77.3 cm³/mol. The van der Waals surface area contributed by atoms with E-state index in [1.54, 1.807) is 0 Å². The van der Waals surface area contributed by atoms with Crippen molar-refractivity contribution in [1.82, 2.24) is 24.3 Å². The van der Waals surface area contributed by atoms with Crippen molar-refractivity contribution in [3.63, 3.8) is 0 Å². The zero-order valence-electron chi connectivity index (χ0n) is 11.9. The summed E-state index contributed by atoms with van der Waals surface area (Å²) < 4.78 is 54.2. The van der Waals surface area contributed by atoms with Gasteiger partial charge >= 0.3 is 6.18 Å². The lowest BCUT2D eigenvalue weighted by molar-refractivity contribution is -0.260. The largest absolute Gasteiger partial charge is 0.422 e. The molecule has 3 rings (SSSR count). The van der Waals surface area contributed by atoms with Crippen molar-refractivity contribution in [1.29, 1.82) is 0 Å². The summed E-state index contributed by atoms with van der Waals surface area (Å²) >= 11 is 3.00. The number of aromatic nitrogens is 5. The summed E-state index contributed by atoms with van der Waals surface area (Å²) in [4.78, 5) is 15.0. The third-order valence-electron chi connectivity index (χ3n) is 3.40. The van der Waals surface area contributed by atoms with Crippen LogP contribution in [-0.2, 0) is 5.60 Å². The fourth-order valence-electron chi connectivity index (χ4n) is 1.99. The number of nitrogens with zero attached hydrogens (tertiary/aromatic N) is 5. The van der Waals surface area contributed by atoms with Crippen LogP contribution < -0.4 is 0 Å². The first kappa shape index (κ1) is 16.7. The van der Waals surface area contributed by atoms with Gasteiger partial charge in [-0.3, -0.25) is 9.38 Å². The first-order valence-corrected chi connectivity index (χ1v) is 7.21. The summed E-state index contributed by atoms with van der Waals surface area (Å²) in [5, 5.41) is 9.75. The van der Waals surface area contributed by atoms with E-state index in [1.165, 1.54) is 10.6 Å². The molecule has 0 saturated carbocycles. The lowest BCUT2D eigenvalue weighted by Gasteiger charge is -2.25. The molecule has 0 spiro atoms. The molecule has 3 aromatic heterocycles. The number of imidazole rings is 1. The molecule has 0 amide bonds. The monoisotopic (exact) mass is 405 g/mol. The van der Waals surface area contributed by atoms with Crippen molar-refractivity contribution < 1.29 is 22.7 Å². The quantitative estimate of drug-likeness (QED) is 0.524. The van der Waals surface area contributed by atoms with Crippen molar-refractivity contribution >= 4 is 21.6 Å². The Morgan fingerprint density at radius 1 is 1.12 bits per heavy atom. The van der Waals surface area contributed by atoms with Gasteiger partial charge in [0.15, 0.2) is 16.2 Å². The molecule has 0 radical (unpaired) electrons. The first-order chi connectivity index (χ1) is 11.1. The van der Waals surface area contributed by atoms with E-state index in [0.717, 1.165) is 18.6 Å². The van der Waals surface area contributed by atoms with Gasteiger partial charge in [0.1, 0.15) is 5.69 Å². The van der Waals surface area contributed by atoms with E-state index in [1.807, 2.05) is 0 Å². The van der Waals surface area contributed by atoms with E-state index in [0.29, 0.717) is 6.92 Å². The third-order valence-corrected chi connectivity index (χ3v) is 3.79. The van der Waals surface area contributed by atoms with Gasteiger partial charge in [-0.05, 0) is 22.9 Å². The van der Waals surface area contributed by atoms with E-state index >= 15 is 0 Å². The van der Waals surface area contributed by atoms with Crippen molar-refractivity contribution in [2.75, 3.05) is 0 Å². The highest BCUT2D eigenvalue weighted by Gasteiger charge is 2.52. The third kappa shape index (κ3) is 2.63. The molecule has 0 saturated heterocycles. The maximum absolute atomic E-state index is 14.0. The fourth-order valence-corrected chi connectivity index (χ4v) is 2.27. The Morgan fingerprint density at radius 3 is 2.50 bits per heavy atom. The van der Waals surface area contributed by atoms with Crippen LogP contribution in [0, 0.1) is 5.82 Å². The average Bonchev–Trinajstić information content (AvgIpc) is 2.91. The maximum Gasteiger partial charge on any atom is 0.422 e. The van der Waals surface area contributed by atoms with E-state index in [2.05, 4.69) is 35.9 Å². The van der Waals surface area contributed by atoms with Gasteiger partial charge in [0, 0.05) is 6.20 Å². The maximum atomic E-state index is 14.0. The lowest BCUT2D eigenvalue weighted by atomic mass is 10.0. The molecule has 0 aliphatic rings. The van der Waals surface area contributed by atoms with Crippen LogP contribution in [0.5, 0.6) is 0 Å². The second-order valence-electron chi connectivity index (χ2n) is 5.05. The highest BCUT2D eigenvalue weighted by atomic mass is 79.9. The van der Waals surface area contributed by atoms with E-state index in [4.69, 9.17) is 0 Å². The summed E-state index contributed by atoms with van der Waals surface area (Å²) in [6.45, 7) is 0.583. The minimum atomic E-state index is -4.93. The Bertz CT molecular complexity index is 924. The number of rotatable bonds is 2. The summed E-state index contributed by atoms with van der Waals surface area (Å²) in [6, 6.07) is 0. The second-order valence-corrected chi connectivity index (χ2v) is 5.76. The molecule has 11 heteroatoms. The molecule has 0 aliphatic carbocycles. The van der Waals surface area contributed by atoms with Crippen molar-refractivity contribution in [3.05, 3.63) is 41.0 Å². The number of hydrogen-bond donors (Lipinski definition) is 1. The van der Waals surface area contributed by atoms with Gasteiger partial charge in [-0.1, -0.05) is 0 Å². The Labute approximate surface area is 140 Å². The molecule has 0 aromatic carbocycles.